The maximum Gasteiger partial charge on any atom is 0 e. The van der Waals surface area contributed by atoms with Gasteiger partial charge < -0.3 is 9.69 Å². The number of rotatable bonds is 0. The molecule has 21 heavy (non-hydrogen) atoms. The molecule has 6 nitrogen and oxygen atoms in total. The van der Waals surface area contributed by atoms with Crippen molar-refractivity contribution in [1.82, 2.24) is 0 Å². The van der Waals surface area contributed by atoms with Crippen molar-refractivity contribution in [3.05, 3.63) is 49.4 Å². The maximum absolute atomic E-state index is 7.50. The molecule has 0 atom stereocenters. The molecule has 0 aliphatic heterocycles. The first kappa shape index (κ1) is 42.7. The van der Waals surface area contributed by atoms with Crippen LogP contribution in [0.25, 0.3) is 9.69 Å². The van der Waals surface area contributed by atoms with Crippen LogP contribution < -0.4 is 0 Å². The van der Waals surface area contributed by atoms with Crippen molar-refractivity contribution in [3.63, 3.8) is 0 Å². The Kier molecular flexibility index (Phi) is 73.8. The normalized spacial score (nSPS) is 6.29. The molecular weight excluding hydrogens is 356 g/mol. The molecular formula is C14H18MoN2O4. The Labute approximate surface area is 142 Å². The minimum absolute atomic E-state index is 0. The molecule has 0 aromatic carbocycles. The summed E-state index contributed by atoms with van der Waals surface area (Å²) >= 11 is 0. The van der Waals surface area contributed by atoms with Gasteiger partial charge in [-0.25, -0.2) is 13.1 Å². The summed E-state index contributed by atoms with van der Waals surface area (Å²) in [5.74, 6) is 0. The van der Waals surface area contributed by atoms with E-state index in [4.69, 9.17) is 31.8 Å². The summed E-state index contributed by atoms with van der Waals surface area (Å²) in [6, 6.07) is 0. The van der Waals surface area contributed by atoms with Crippen LogP contribution in [0.3, 0.4) is 0 Å². The van der Waals surface area contributed by atoms with E-state index in [1.807, 2.05) is 41.5 Å². The smallest absolute Gasteiger partial charge is 0 e. The first-order chi connectivity index (χ1) is 9.12. The molecule has 0 N–H and O–H groups in total. The Hall–Kier alpha value is -1.37. The first-order valence-electron chi connectivity index (χ1n) is 4.71. The predicted molar refractivity (Wildman–Crippen MR) is 68.4 cm³/mol. The topological polar surface area (TPSA) is 88.3 Å². The molecule has 0 amide bonds. The summed E-state index contributed by atoms with van der Waals surface area (Å²) in [6.45, 7) is 42.3. The second-order valence-corrected chi connectivity index (χ2v) is 4.57. The van der Waals surface area contributed by atoms with Crippen LogP contribution in [0.1, 0.15) is 41.5 Å². The maximum atomic E-state index is 7.50. The standard InChI is InChI=1S/2C5H9N.4CO.Mo/c2*1-5(2,3)6-4;4*1-2;/h2*1-3H3;;;;;. The van der Waals surface area contributed by atoms with E-state index >= 15 is 0 Å². The van der Waals surface area contributed by atoms with Crippen LogP contribution in [0.4, 0.5) is 0 Å². The molecule has 0 heterocycles. The van der Waals surface area contributed by atoms with Gasteiger partial charge >= 0.3 is 45.2 Å². The van der Waals surface area contributed by atoms with E-state index in [-0.39, 0.29) is 32.1 Å². The third kappa shape index (κ3) is 240. The minimum atomic E-state index is -0.167. The second-order valence-electron chi connectivity index (χ2n) is 4.57. The van der Waals surface area contributed by atoms with Crippen molar-refractivity contribution in [2.75, 3.05) is 0 Å². The monoisotopic (exact) mass is 376 g/mol. The summed E-state index contributed by atoms with van der Waals surface area (Å²) in [5.41, 5.74) is -0.333. The van der Waals surface area contributed by atoms with Gasteiger partial charge in [-0.1, -0.05) is 0 Å². The molecule has 7 heteroatoms. The Morgan fingerprint density at radius 3 is 0.571 bits per heavy atom. The van der Waals surface area contributed by atoms with Crippen LogP contribution in [0.15, 0.2) is 0 Å². The van der Waals surface area contributed by atoms with Crippen molar-refractivity contribution in [2.45, 2.75) is 52.6 Å². The van der Waals surface area contributed by atoms with Gasteiger partial charge in [0.15, 0.2) is 0 Å². The van der Waals surface area contributed by atoms with E-state index in [0.717, 1.165) is 0 Å². The Bertz CT molecular complexity index is 296. The summed E-state index contributed by atoms with van der Waals surface area (Å²) in [6.07, 6.45) is 0. The molecule has 0 radical (unpaired) electrons. The van der Waals surface area contributed by atoms with Crippen molar-refractivity contribution >= 4 is 0 Å². The molecule has 0 spiro atoms. The molecule has 0 fully saturated rings. The molecule has 0 aliphatic rings. The molecule has 0 saturated carbocycles. The van der Waals surface area contributed by atoms with E-state index in [0.29, 0.717) is 0 Å². The predicted octanol–water partition coefficient (Wildman–Crippen LogP) is 3.26. The summed E-state index contributed by atoms with van der Waals surface area (Å²) < 4.78 is 30.0. The number of hydrogen-bond acceptors (Lipinski definition) is 0. The Morgan fingerprint density at radius 2 is 0.571 bits per heavy atom. The molecule has 0 saturated heterocycles. The van der Waals surface area contributed by atoms with Gasteiger partial charge in [0, 0.05) is 62.6 Å². The van der Waals surface area contributed by atoms with E-state index in [1.165, 1.54) is 0 Å². The molecule has 0 bridgehead atoms. The molecule has 0 unspecified atom stereocenters. The molecule has 114 valence electrons. The van der Waals surface area contributed by atoms with Crippen LogP contribution in [0.5, 0.6) is 0 Å². The molecule has 0 aromatic heterocycles. The Balaban J connectivity index is -0.0000000246. The SMILES string of the molecule is [C-]#[N+]C(C)(C)C.[C-]#[N+]C(C)(C)C.[C-]#[O+].[C-]#[O+].[C-]#[O+].[C-]#[O+].[Mo]. The van der Waals surface area contributed by atoms with Gasteiger partial charge in [0.05, 0.1) is 0 Å². The number of hydrogen-bond donors (Lipinski definition) is 0. The van der Waals surface area contributed by atoms with Crippen molar-refractivity contribution in [3.8, 4) is 0 Å². The van der Waals surface area contributed by atoms with Gasteiger partial charge in [0.2, 0.25) is 11.1 Å². The summed E-state index contributed by atoms with van der Waals surface area (Å²) in [5, 5.41) is 0. The first-order valence-corrected chi connectivity index (χ1v) is 4.71. The fourth-order valence-electron chi connectivity index (χ4n) is 0. The van der Waals surface area contributed by atoms with E-state index < -0.39 is 0 Å². The summed E-state index contributed by atoms with van der Waals surface area (Å²) in [7, 11) is 0. The second kappa shape index (κ2) is 36.3. The minimum Gasteiger partial charge on any atom is 0 e. The quantitative estimate of drug-likeness (QED) is 0.354. The van der Waals surface area contributed by atoms with Crippen LogP contribution in [-0.4, -0.2) is 11.1 Å². The van der Waals surface area contributed by atoms with Crippen molar-refractivity contribution in [1.29, 1.82) is 0 Å². The fourth-order valence-corrected chi connectivity index (χ4v) is 0. The molecule has 0 rings (SSSR count). The van der Waals surface area contributed by atoms with Gasteiger partial charge in [0.25, 0.3) is 0 Å². The van der Waals surface area contributed by atoms with Crippen molar-refractivity contribution in [2.24, 2.45) is 0 Å². The fraction of sp³-hybridized carbons (Fsp3) is 0.571. The van der Waals surface area contributed by atoms with E-state index in [9.17, 15) is 0 Å². The van der Waals surface area contributed by atoms with Crippen LogP contribution in [-0.2, 0) is 39.7 Å². The molecule has 0 aromatic rings. The average molecular weight is 374 g/mol. The van der Waals surface area contributed by atoms with Crippen LogP contribution in [0, 0.1) is 39.7 Å². The van der Waals surface area contributed by atoms with Crippen molar-refractivity contribution < 1.29 is 39.7 Å². The van der Waals surface area contributed by atoms with Gasteiger partial charge in [-0.2, -0.15) is 0 Å². The molecule has 0 aliphatic carbocycles. The largest absolute Gasteiger partial charge is 0 e. The zero-order valence-electron chi connectivity index (χ0n) is 12.9. The zero-order chi connectivity index (χ0) is 18.4. The Morgan fingerprint density at radius 1 is 0.524 bits per heavy atom. The van der Waals surface area contributed by atoms with Gasteiger partial charge in [-0.3, -0.25) is 0 Å². The van der Waals surface area contributed by atoms with Gasteiger partial charge in [-0.15, -0.1) is 0 Å². The van der Waals surface area contributed by atoms with E-state index in [2.05, 4.69) is 36.3 Å². The average Bonchev–Trinajstić information content (AvgIpc) is 2.46. The van der Waals surface area contributed by atoms with Gasteiger partial charge in [-0.05, 0) is 0 Å². The third-order valence-electron chi connectivity index (χ3n) is 0.671. The summed E-state index contributed by atoms with van der Waals surface area (Å²) in [4.78, 5) is 6.54. The van der Waals surface area contributed by atoms with E-state index in [1.54, 1.807) is 0 Å². The third-order valence-corrected chi connectivity index (χ3v) is 0.671. The van der Waals surface area contributed by atoms with Crippen LogP contribution in [0.2, 0.25) is 0 Å². The zero-order valence-corrected chi connectivity index (χ0v) is 14.9. The van der Waals surface area contributed by atoms with Gasteiger partial charge in [0.1, 0.15) is 0 Å². The van der Waals surface area contributed by atoms with Crippen LogP contribution >= 0.6 is 0 Å². The number of nitrogens with zero attached hydrogens (tertiary/aromatic N) is 2.